The number of ether oxygens (including phenoxy) is 2. The monoisotopic (exact) mass is 564 g/mol. The number of fused-ring (bicyclic) bond motifs is 1. The Balaban J connectivity index is 1.65. The molecular weight excluding hydrogens is 511 g/mol. The summed E-state index contributed by atoms with van der Waals surface area (Å²) >= 11 is 0. The zero-order valence-corrected chi connectivity index (χ0v) is 25.5. The van der Waals surface area contributed by atoms with Crippen LogP contribution in [-0.4, -0.2) is 39.2 Å². The lowest BCUT2D eigenvalue weighted by atomic mass is 10.0. The maximum absolute atomic E-state index is 13.5. The molecule has 1 unspecified atom stereocenters. The Kier molecular flexibility index (Phi) is 19.3. The standard InChI is InChI=1S/C32H53O6P/c1-3-5-6-7-8-9-10-11-12-13-14-15-16-19-25-36-39(33,29-28-35-27-26-34-4-2)38-37-32-24-20-22-30-21-17-18-23-31(30)32/h17-18,20-24H,3-16,19,25-29H2,1-2H3. The molecule has 222 valence electrons. The van der Waals surface area contributed by atoms with E-state index < -0.39 is 7.60 Å². The van der Waals surface area contributed by atoms with Gasteiger partial charge in [0.2, 0.25) is 0 Å². The van der Waals surface area contributed by atoms with E-state index in [0.29, 0.717) is 32.2 Å². The van der Waals surface area contributed by atoms with Gasteiger partial charge in [-0.05, 0) is 24.8 Å². The Hall–Kier alpha value is -1.43. The fourth-order valence-electron chi connectivity index (χ4n) is 4.53. The van der Waals surface area contributed by atoms with Crippen molar-refractivity contribution in [2.75, 3.05) is 39.2 Å². The first-order valence-corrected chi connectivity index (χ1v) is 17.1. The van der Waals surface area contributed by atoms with E-state index in [1.807, 2.05) is 43.3 Å². The summed E-state index contributed by atoms with van der Waals surface area (Å²) in [5.74, 6) is 0.519. The summed E-state index contributed by atoms with van der Waals surface area (Å²) in [6, 6.07) is 13.5. The van der Waals surface area contributed by atoms with Crippen molar-refractivity contribution in [3.8, 4) is 5.75 Å². The number of unbranched alkanes of at least 4 members (excludes halogenated alkanes) is 13. The van der Waals surface area contributed by atoms with Crippen LogP contribution in [0, 0.1) is 0 Å². The number of hydrogen-bond acceptors (Lipinski definition) is 6. The highest BCUT2D eigenvalue weighted by Gasteiger charge is 2.27. The fraction of sp³-hybridized carbons (Fsp3) is 0.688. The molecule has 1 atom stereocenters. The van der Waals surface area contributed by atoms with Crippen LogP contribution in [-0.2, 0) is 23.2 Å². The van der Waals surface area contributed by atoms with Gasteiger partial charge in [-0.2, -0.15) is 0 Å². The molecule has 39 heavy (non-hydrogen) atoms. The van der Waals surface area contributed by atoms with E-state index in [2.05, 4.69) is 6.92 Å². The van der Waals surface area contributed by atoms with Crippen molar-refractivity contribution in [3.05, 3.63) is 42.5 Å². The molecule has 0 N–H and O–H groups in total. The van der Waals surface area contributed by atoms with Crippen molar-refractivity contribution in [1.29, 1.82) is 0 Å². The highest BCUT2D eigenvalue weighted by atomic mass is 31.2. The Morgan fingerprint density at radius 1 is 0.615 bits per heavy atom. The Bertz CT molecular complexity index is 900. The predicted molar refractivity (Wildman–Crippen MR) is 162 cm³/mol. The van der Waals surface area contributed by atoms with Crippen LogP contribution >= 0.6 is 7.60 Å². The van der Waals surface area contributed by atoms with Gasteiger partial charge in [0.25, 0.3) is 0 Å². The van der Waals surface area contributed by atoms with Crippen LogP contribution in [0.15, 0.2) is 42.5 Å². The highest BCUT2D eigenvalue weighted by Crippen LogP contribution is 2.48. The van der Waals surface area contributed by atoms with Crippen LogP contribution in [0.1, 0.15) is 104 Å². The molecular formula is C32H53O6P. The molecule has 6 nitrogen and oxygen atoms in total. The lowest BCUT2D eigenvalue weighted by Gasteiger charge is -2.18. The third-order valence-electron chi connectivity index (χ3n) is 6.86. The molecule has 7 heteroatoms. The second-order valence-corrected chi connectivity index (χ2v) is 12.3. The van der Waals surface area contributed by atoms with Gasteiger partial charge < -0.3 is 18.9 Å². The van der Waals surface area contributed by atoms with Gasteiger partial charge in [-0.15, -0.1) is 0 Å². The highest BCUT2D eigenvalue weighted by molar-refractivity contribution is 7.53. The van der Waals surface area contributed by atoms with Crippen molar-refractivity contribution in [2.45, 2.75) is 104 Å². The maximum Gasteiger partial charge on any atom is 0.371 e. The molecule has 0 aliphatic heterocycles. The van der Waals surface area contributed by atoms with Crippen LogP contribution in [0.2, 0.25) is 0 Å². The minimum absolute atomic E-state index is 0.127. The third-order valence-corrected chi connectivity index (χ3v) is 8.47. The van der Waals surface area contributed by atoms with Crippen molar-refractivity contribution >= 4 is 18.4 Å². The molecule has 0 aliphatic rings. The minimum atomic E-state index is -3.49. The summed E-state index contributed by atoms with van der Waals surface area (Å²) in [4.78, 5) is 5.59. The Morgan fingerprint density at radius 2 is 1.21 bits per heavy atom. The van der Waals surface area contributed by atoms with Gasteiger partial charge in [0.05, 0.1) is 32.6 Å². The van der Waals surface area contributed by atoms with E-state index in [4.69, 9.17) is 23.6 Å². The quantitative estimate of drug-likeness (QED) is 0.0490. The molecule has 2 aromatic carbocycles. The second kappa shape index (κ2) is 22.3. The molecule has 0 saturated heterocycles. The average Bonchev–Trinajstić information content (AvgIpc) is 2.96. The van der Waals surface area contributed by atoms with Gasteiger partial charge in [0, 0.05) is 12.0 Å². The van der Waals surface area contributed by atoms with Gasteiger partial charge >= 0.3 is 7.60 Å². The summed E-state index contributed by atoms with van der Waals surface area (Å²) in [6.07, 6.45) is 18.2. The molecule has 0 amide bonds. The molecule has 0 heterocycles. The first-order valence-electron chi connectivity index (χ1n) is 15.4. The average molecular weight is 565 g/mol. The molecule has 0 fully saturated rings. The molecule has 0 radical (unpaired) electrons. The minimum Gasteiger partial charge on any atom is -0.379 e. The van der Waals surface area contributed by atoms with E-state index in [-0.39, 0.29) is 12.8 Å². The molecule has 0 aliphatic carbocycles. The van der Waals surface area contributed by atoms with Crippen LogP contribution in [0.5, 0.6) is 5.75 Å². The zero-order chi connectivity index (χ0) is 27.9. The van der Waals surface area contributed by atoms with Gasteiger partial charge in [-0.3, -0.25) is 4.57 Å². The van der Waals surface area contributed by atoms with Gasteiger partial charge in [-0.1, -0.05) is 131 Å². The number of rotatable bonds is 26. The van der Waals surface area contributed by atoms with Crippen LogP contribution in [0.25, 0.3) is 10.8 Å². The summed E-state index contributed by atoms with van der Waals surface area (Å²) in [5.41, 5.74) is 0. The lowest BCUT2D eigenvalue weighted by molar-refractivity contribution is -0.112. The summed E-state index contributed by atoms with van der Waals surface area (Å²) in [5, 5.41) is 1.92. The van der Waals surface area contributed by atoms with Crippen molar-refractivity contribution in [1.82, 2.24) is 0 Å². The van der Waals surface area contributed by atoms with Gasteiger partial charge in [-0.25, -0.2) is 0 Å². The second-order valence-electron chi connectivity index (χ2n) is 10.2. The van der Waals surface area contributed by atoms with Crippen LogP contribution in [0.3, 0.4) is 0 Å². The van der Waals surface area contributed by atoms with E-state index in [9.17, 15) is 4.57 Å². The van der Waals surface area contributed by atoms with Crippen molar-refractivity contribution < 1.29 is 28.1 Å². The third kappa shape index (κ3) is 15.8. The number of benzene rings is 2. The normalized spacial score (nSPS) is 13.1. The molecule has 0 bridgehead atoms. The van der Waals surface area contributed by atoms with E-state index >= 15 is 0 Å². The predicted octanol–water partition coefficient (Wildman–Crippen LogP) is 9.89. The van der Waals surface area contributed by atoms with Crippen molar-refractivity contribution in [3.63, 3.8) is 0 Å². The Morgan fingerprint density at radius 3 is 1.87 bits per heavy atom. The van der Waals surface area contributed by atoms with E-state index in [0.717, 1.165) is 23.6 Å². The van der Waals surface area contributed by atoms with Crippen LogP contribution in [0.4, 0.5) is 0 Å². The molecule has 2 aromatic rings. The SMILES string of the molecule is CCCCCCCCCCCCCCCCOP(=O)(CCOCCOCC)OOc1cccc2ccccc12. The lowest BCUT2D eigenvalue weighted by Crippen LogP contribution is -2.11. The molecule has 0 spiro atoms. The molecule has 0 saturated carbocycles. The fourth-order valence-corrected chi connectivity index (χ4v) is 5.73. The summed E-state index contributed by atoms with van der Waals surface area (Å²) in [6.45, 7) is 6.44. The Labute approximate surface area is 237 Å². The van der Waals surface area contributed by atoms with Gasteiger partial charge in [0.15, 0.2) is 5.75 Å². The van der Waals surface area contributed by atoms with Crippen molar-refractivity contribution in [2.24, 2.45) is 0 Å². The van der Waals surface area contributed by atoms with E-state index in [1.165, 1.54) is 77.0 Å². The summed E-state index contributed by atoms with van der Waals surface area (Å²) < 4.78 is 35.6. The van der Waals surface area contributed by atoms with Crippen LogP contribution < -0.4 is 4.89 Å². The zero-order valence-electron chi connectivity index (χ0n) is 24.6. The summed E-state index contributed by atoms with van der Waals surface area (Å²) in [7, 11) is -3.49. The van der Waals surface area contributed by atoms with Gasteiger partial charge in [0.1, 0.15) is 0 Å². The van der Waals surface area contributed by atoms with E-state index in [1.54, 1.807) is 6.07 Å². The first-order chi connectivity index (χ1) is 19.2. The molecule has 2 rings (SSSR count). The largest absolute Gasteiger partial charge is 0.379 e. The first kappa shape index (κ1) is 33.8. The smallest absolute Gasteiger partial charge is 0.371 e. The topological polar surface area (TPSA) is 63.2 Å². The molecule has 0 aromatic heterocycles. The maximum atomic E-state index is 13.5. The number of hydrogen-bond donors (Lipinski definition) is 0.